The highest BCUT2D eigenvalue weighted by Gasteiger charge is 2.50. The number of ether oxygens (including phenoxy) is 1. The average molecular weight is 464 g/mol. The third-order valence-electron chi connectivity index (χ3n) is 5.73. The Labute approximate surface area is 189 Å². The van der Waals surface area contributed by atoms with Crippen LogP contribution in [0.15, 0.2) is 59.5 Å². The van der Waals surface area contributed by atoms with Gasteiger partial charge in [-0.15, -0.1) is 0 Å². The molecule has 0 radical (unpaired) electrons. The lowest BCUT2D eigenvalue weighted by atomic mass is 9.78. The Balaban J connectivity index is 1.87. The molecule has 3 unspecified atom stereocenters. The van der Waals surface area contributed by atoms with Crippen molar-refractivity contribution in [2.45, 2.75) is 37.1 Å². The molecule has 1 aliphatic heterocycles. The number of likely N-dealkylation sites (N-methyl/N-ethyl adjacent to an activating group) is 1. The van der Waals surface area contributed by atoms with Gasteiger partial charge in [-0.25, -0.2) is 13.2 Å². The quantitative estimate of drug-likeness (QED) is 0.660. The average Bonchev–Trinajstić information content (AvgIpc) is 3.06. The maximum atomic E-state index is 13.4. The minimum atomic E-state index is -3.84. The number of hydrogen-bond donors (Lipinski definition) is 2. The molecule has 31 heavy (non-hydrogen) atoms. The number of sulfonamides is 1. The highest BCUT2D eigenvalue weighted by atomic mass is 32.2. The van der Waals surface area contributed by atoms with Crippen molar-refractivity contribution in [2.75, 3.05) is 13.6 Å². The van der Waals surface area contributed by atoms with Gasteiger partial charge < -0.3 is 15.4 Å². The predicted octanol–water partition coefficient (Wildman–Crippen LogP) is 3.78. The first-order valence-electron chi connectivity index (χ1n) is 9.98. The van der Waals surface area contributed by atoms with Crippen LogP contribution in [0, 0.1) is 11.3 Å². The highest BCUT2D eigenvalue weighted by Crippen LogP contribution is 2.42. The summed E-state index contributed by atoms with van der Waals surface area (Å²) in [5, 5.41) is -0.637. The molecule has 0 spiro atoms. The molecule has 0 aliphatic carbocycles. The number of para-hydroxylation sites is 1. The third-order valence-corrected chi connectivity index (χ3v) is 8.18. The molecule has 0 saturated carbocycles. The topological polar surface area (TPSA) is 92.9 Å². The van der Waals surface area contributed by atoms with Gasteiger partial charge in [-0.3, -0.25) is 0 Å². The molecule has 2 aromatic rings. The number of primary amides is 1. The largest absolute Gasteiger partial charge is 0.457 e. The summed E-state index contributed by atoms with van der Waals surface area (Å²) in [6.07, 6.45) is 0. The molecule has 9 heteroatoms. The molecule has 1 aliphatic rings. The summed E-state index contributed by atoms with van der Waals surface area (Å²) in [5.74, 6) is 1.06. The number of likely N-dealkylation sites (tertiary alicyclic amines) is 1. The third kappa shape index (κ3) is 4.83. The first kappa shape index (κ1) is 23.4. The van der Waals surface area contributed by atoms with Crippen molar-refractivity contribution >= 4 is 28.7 Å². The first-order valence-corrected chi connectivity index (χ1v) is 11.9. The number of carbonyl (C=O) groups is 1. The standard InChI is InChI=1S/C22H29N3O4S2/c1-22(2,3)18-14-25(21(23)26)20(30)19(18)24(4)31(27,28)17-12-10-16(11-13-17)29-15-8-6-5-7-9-15/h5-13,18-20,30H,14H2,1-4H3,(H2,23,26). The summed E-state index contributed by atoms with van der Waals surface area (Å²) < 4.78 is 33.9. The van der Waals surface area contributed by atoms with E-state index < -0.39 is 27.5 Å². The zero-order valence-corrected chi connectivity index (χ0v) is 19.8. The molecule has 2 amide bonds. The molecule has 2 N–H and O–H groups in total. The Morgan fingerprint density at radius 1 is 1.10 bits per heavy atom. The number of thiol groups is 1. The minimum Gasteiger partial charge on any atom is -0.457 e. The number of carbonyl (C=O) groups excluding carboxylic acids is 1. The second-order valence-electron chi connectivity index (χ2n) is 8.78. The normalized spacial score (nSPS) is 22.0. The van der Waals surface area contributed by atoms with Crippen LogP contribution in [0.25, 0.3) is 0 Å². The van der Waals surface area contributed by atoms with Crippen molar-refractivity contribution in [1.82, 2.24) is 9.21 Å². The van der Waals surface area contributed by atoms with Gasteiger partial charge in [0.2, 0.25) is 10.0 Å². The van der Waals surface area contributed by atoms with E-state index >= 15 is 0 Å². The molecule has 2 aromatic carbocycles. The van der Waals surface area contributed by atoms with Gasteiger partial charge in [-0.05, 0) is 41.8 Å². The number of nitrogens with zero attached hydrogens (tertiary/aromatic N) is 2. The van der Waals surface area contributed by atoms with Crippen LogP contribution in [0.5, 0.6) is 11.5 Å². The van der Waals surface area contributed by atoms with E-state index in [0.29, 0.717) is 18.0 Å². The smallest absolute Gasteiger partial charge is 0.315 e. The fraction of sp³-hybridized carbons (Fsp3) is 0.409. The molecule has 0 bridgehead atoms. The van der Waals surface area contributed by atoms with Crippen molar-refractivity contribution in [3.05, 3.63) is 54.6 Å². The van der Waals surface area contributed by atoms with Crippen LogP contribution in [-0.2, 0) is 10.0 Å². The van der Waals surface area contributed by atoms with Crippen molar-refractivity contribution in [3.8, 4) is 11.5 Å². The fourth-order valence-electron chi connectivity index (χ4n) is 3.90. The monoisotopic (exact) mass is 463 g/mol. The lowest BCUT2D eigenvalue weighted by Gasteiger charge is -2.36. The molecule has 1 fully saturated rings. The summed E-state index contributed by atoms with van der Waals surface area (Å²) >= 11 is 4.57. The molecule has 0 aromatic heterocycles. The summed E-state index contributed by atoms with van der Waals surface area (Å²) in [6, 6.07) is 14.4. The second-order valence-corrected chi connectivity index (χ2v) is 11.3. The summed E-state index contributed by atoms with van der Waals surface area (Å²) in [5.41, 5.74) is 5.26. The van der Waals surface area contributed by atoms with E-state index in [1.807, 2.05) is 51.1 Å². The van der Waals surface area contributed by atoms with Gasteiger partial charge >= 0.3 is 6.03 Å². The molecule has 3 rings (SSSR count). The van der Waals surface area contributed by atoms with E-state index in [0.717, 1.165) is 0 Å². The molecule has 168 valence electrons. The number of benzene rings is 2. The second kappa shape index (κ2) is 8.72. The maximum absolute atomic E-state index is 13.4. The van der Waals surface area contributed by atoms with Gasteiger partial charge in [-0.1, -0.05) is 39.0 Å². The number of hydrogen-bond acceptors (Lipinski definition) is 5. The van der Waals surface area contributed by atoms with E-state index in [-0.39, 0.29) is 16.2 Å². The molecule has 3 atom stereocenters. The summed E-state index contributed by atoms with van der Waals surface area (Å²) in [4.78, 5) is 13.4. The van der Waals surface area contributed by atoms with Gasteiger partial charge in [0.1, 0.15) is 11.5 Å². The van der Waals surface area contributed by atoms with Crippen molar-refractivity contribution in [3.63, 3.8) is 0 Å². The minimum absolute atomic E-state index is 0.136. The van der Waals surface area contributed by atoms with Gasteiger partial charge in [0, 0.05) is 19.5 Å². The number of rotatable bonds is 5. The number of amides is 2. The lowest BCUT2D eigenvalue weighted by Crippen LogP contribution is -2.49. The Kier molecular flexibility index (Phi) is 6.59. The van der Waals surface area contributed by atoms with E-state index in [9.17, 15) is 13.2 Å². The highest BCUT2D eigenvalue weighted by molar-refractivity contribution is 7.89. The zero-order valence-electron chi connectivity index (χ0n) is 18.1. The Morgan fingerprint density at radius 3 is 2.16 bits per heavy atom. The predicted molar refractivity (Wildman–Crippen MR) is 124 cm³/mol. The van der Waals surface area contributed by atoms with E-state index in [1.54, 1.807) is 12.1 Å². The van der Waals surface area contributed by atoms with E-state index in [1.165, 1.54) is 28.4 Å². The van der Waals surface area contributed by atoms with Gasteiger partial charge in [0.15, 0.2) is 0 Å². The molecule has 1 heterocycles. The van der Waals surface area contributed by atoms with Crippen LogP contribution in [-0.4, -0.2) is 48.7 Å². The first-order chi connectivity index (χ1) is 14.4. The molecular weight excluding hydrogens is 434 g/mol. The van der Waals surface area contributed by atoms with Crippen molar-refractivity contribution < 1.29 is 17.9 Å². The number of nitrogens with two attached hydrogens (primary N) is 1. The van der Waals surface area contributed by atoms with Gasteiger partial charge in [0.05, 0.1) is 16.3 Å². The van der Waals surface area contributed by atoms with Crippen LogP contribution < -0.4 is 10.5 Å². The van der Waals surface area contributed by atoms with Crippen molar-refractivity contribution in [1.29, 1.82) is 0 Å². The maximum Gasteiger partial charge on any atom is 0.315 e. The van der Waals surface area contributed by atoms with Crippen LogP contribution in [0.2, 0.25) is 0 Å². The SMILES string of the molecule is CN(C1C(S)N(C(N)=O)CC1C(C)(C)C)S(=O)(=O)c1ccc(Oc2ccccc2)cc1. The van der Waals surface area contributed by atoms with Crippen LogP contribution in [0.1, 0.15) is 20.8 Å². The molecule has 1 saturated heterocycles. The van der Waals surface area contributed by atoms with Crippen LogP contribution in [0.3, 0.4) is 0 Å². The zero-order chi connectivity index (χ0) is 23.0. The van der Waals surface area contributed by atoms with Gasteiger partial charge in [0.25, 0.3) is 0 Å². The molecule has 7 nitrogen and oxygen atoms in total. The van der Waals surface area contributed by atoms with Gasteiger partial charge in [-0.2, -0.15) is 16.9 Å². The van der Waals surface area contributed by atoms with Crippen LogP contribution in [0.4, 0.5) is 4.79 Å². The molecular formula is C22H29N3O4S2. The lowest BCUT2D eigenvalue weighted by molar-refractivity contribution is 0.178. The van der Waals surface area contributed by atoms with E-state index in [2.05, 4.69) is 12.6 Å². The Hall–Kier alpha value is -2.23. The fourth-order valence-corrected chi connectivity index (χ4v) is 6.00. The Morgan fingerprint density at radius 2 is 1.65 bits per heavy atom. The summed E-state index contributed by atoms with van der Waals surface area (Å²) in [7, 11) is -2.31. The van der Waals surface area contributed by atoms with Crippen LogP contribution >= 0.6 is 12.6 Å². The van der Waals surface area contributed by atoms with Crippen molar-refractivity contribution in [2.24, 2.45) is 17.1 Å². The Bertz CT molecular complexity index is 1020. The van der Waals surface area contributed by atoms with E-state index in [4.69, 9.17) is 10.5 Å². The summed E-state index contributed by atoms with van der Waals surface area (Å²) in [6.45, 7) is 6.41. The number of urea groups is 1.